The number of hydrogen-bond acceptors (Lipinski definition) is 4. The van der Waals surface area contributed by atoms with Gasteiger partial charge in [-0.15, -0.1) is 0 Å². The predicted octanol–water partition coefficient (Wildman–Crippen LogP) is 2.46. The van der Waals surface area contributed by atoms with Gasteiger partial charge in [-0.05, 0) is 67.1 Å². The standard InChI is InChI=1S/C17H34N4/c1-7-21(15(4)12-20(5)6)16-9-8-10-17(11-16,13-18)19-14(2)3/h14-16,19H,7-12H2,1-6H3. The number of nitriles is 1. The Bertz CT molecular complexity index is 347. The zero-order valence-corrected chi connectivity index (χ0v) is 14.8. The fraction of sp³-hybridized carbons (Fsp3) is 0.941. The van der Waals surface area contributed by atoms with E-state index in [1.165, 1.54) is 6.42 Å². The fourth-order valence-corrected chi connectivity index (χ4v) is 3.91. The first-order chi connectivity index (χ1) is 9.83. The Morgan fingerprint density at radius 2 is 2.00 bits per heavy atom. The molecule has 0 aromatic rings. The van der Waals surface area contributed by atoms with Crippen molar-refractivity contribution in [2.45, 2.75) is 77.0 Å². The number of nitrogens with zero attached hydrogens (tertiary/aromatic N) is 3. The molecule has 0 amide bonds. The van der Waals surface area contributed by atoms with E-state index in [-0.39, 0.29) is 5.54 Å². The summed E-state index contributed by atoms with van der Waals surface area (Å²) in [6, 6.07) is 4.00. The van der Waals surface area contributed by atoms with Gasteiger partial charge >= 0.3 is 0 Å². The Hall–Kier alpha value is -0.630. The van der Waals surface area contributed by atoms with Crippen molar-refractivity contribution in [3.05, 3.63) is 0 Å². The molecule has 122 valence electrons. The van der Waals surface area contributed by atoms with Crippen LogP contribution in [-0.2, 0) is 0 Å². The van der Waals surface area contributed by atoms with Crippen molar-refractivity contribution in [2.75, 3.05) is 27.2 Å². The van der Waals surface area contributed by atoms with E-state index in [0.29, 0.717) is 18.1 Å². The lowest BCUT2D eigenvalue weighted by Gasteiger charge is -2.44. The van der Waals surface area contributed by atoms with Crippen LogP contribution >= 0.6 is 0 Å². The molecule has 3 unspecified atom stereocenters. The van der Waals surface area contributed by atoms with E-state index < -0.39 is 0 Å². The molecule has 0 bridgehead atoms. The minimum atomic E-state index is -0.331. The first-order valence-electron chi connectivity index (χ1n) is 8.43. The number of nitrogens with one attached hydrogen (secondary N) is 1. The average molecular weight is 294 g/mol. The summed E-state index contributed by atoms with van der Waals surface area (Å²) < 4.78 is 0. The van der Waals surface area contributed by atoms with Crippen molar-refractivity contribution in [1.82, 2.24) is 15.1 Å². The van der Waals surface area contributed by atoms with Gasteiger partial charge in [-0.3, -0.25) is 10.2 Å². The average Bonchev–Trinajstić information content (AvgIpc) is 2.38. The molecule has 1 aliphatic carbocycles. The molecule has 21 heavy (non-hydrogen) atoms. The molecule has 0 spiro atoms. The highest BCUT2D eigenvalue weighted by molar-refractivity contribution is 5.12. The van der Waals surface area contributed by atoms with Crippen molar-refractivity contribution in [3.8, 4) is 6.07 Å². The van der Waals surface area contributed by atoms with Crippen LogP contribution in [0.15, 0.2) is 0 Å². The topological polar surface area (TPSA) is 42.3 Å². The van der Waals surface area contributed by atoms with Crippen molar-refractivity contribution in [3.63, 3.8) is 0 Å². The zero-order valence-electron chi connectivity index (χ0n) is 14.8. The van der Waals surface area contributed by atoms with E-state index in [1.54, 1.807) is 0 Å². The Morgan fingerprint density at radius 1 is 1.33 bits per heavy atom. The van der Waals surface area contributed by atoms with Gasteiger partial charge in [0.2, 0.25) is 0 Å². The SMILES string of the molecule is CCN(C(C)CN(C)C)C1CCCC(C#N)(NC(C)C)C1. The smallest absolute Gasteiger partial charge is 0.108 e. The predicted molar refractivity (Wildman–Crippen MR) is 89.3 cm³/mol. The lowest BCUT2D eigenvalue weighted by Crippen LogP contribution is -2.56. The molecule has 4 heteroatoms. The summed E-state index contributed by atoms with van der Waals surface area (Å²) in [7, 11) is 4.26. The second-order valence-electron chi connectivity index (χ2n) is 7.18. The summed E-state index contributed by atoms with van der Waals surface area (Å²) in [4.78, 5) is 4.84. The molecule has 1 aliphatic rings. The molecule has 4 nitrogen and oxygen atoms in total. The highest BCUT2D eigenvalue weighted by Crippen LogP contribution is 2.32. The zero-order chi connectivity index (χ0) is 16.0. The Labute approximate surface area is 131 Å². The van der Waals surface area contributed by atoms with Crippen LogP contribution in [0.2, 0.25) is 0 Å². The molecule has 3 atom stereocenters. The van der Waals surface area contributed by atoms with Gasteiger partial charge in [-0.2, -0.15) is 5.26 Å². The molecule has 0 aromatic carbocycles. The van der Waals surface area contributed by atoms with Gasteiger partial charge in [-0.25, -0.2) is 0 Å². The van der Waals surface area contributed by atoms with E-state index in [1.807, 2.05) is 0 Å². The van der Waals surface area contributed by atoms with Gasteiger partial charge in [0.05, 0.1) is 6.07 Å². The van der Waals surface area contributed by atoms with Gasteiger partial charge in [0.25, 0.3) is 0 Å². The van der Waals surface area contributed by atoms with E-state index in [4.69, 9.17) is 0 Å². The maximum atomic E-state index is 9.71. The molecule has 1 N–H and O–H groups in total. The van der Waals surface area contributed by atoms with Crippen LogP contribution < -0.4 is 5.32 Å². The van der Waals surface area contributed by atoms with E-state index in [2.05, 4.69) is 63.0 Å². The summed E-state index contributed by atoms with van der Waals surface area (Å²) in [5.41, 5.74) is -0.331. The van der Waals surface area contributed by atoms with Gasteiger partial charge in [0.1, 0.15) is 5.54 Å². The van der Waals surface area contributed by atoms with E-state index in [9.17, 15) is 5.26 Å². The lowest BCUT2D eigenvalue weighted by atomic mass is 9.78. The van der Waals surface area contributed by atoms with Gasteiger partial charge in [-0.1, -0.05) is 6.92 Å². The fourth-order valence-electron chi connectivity index (χ4n) is 3.91. The maximum Gasteiger partial charge on any atom is 0.108 e. The van der Waals surface area contributed by atoms with Crippen molar-refractivity contribution in [2.24, 2.45) is 0 Å². The number of likely N-dealkylation sites (N-methyl/N-ethyl adjacent to an activating group) is 2. The van der Waals surface area contributed by atoms with Crippen molar-refractivity contribution >= 4 is 0 Å². The molecule has 1 fully saturated rings. The summed E-state index contributed by atoms with van der Waals surface area (Å²) in [6.45, 7) is 10.9. The van der Waals surface area contributed by atoms with Crippen molar-refractivity contribution in [1.29, 1.82) is 5.26 Å². The molecular formula is C17H34N4. The largest absolute Gasteiger partial charge is 0.308 e. The lowest BCUT2D eigenvalue weighted by molar-refractivity contribution is 0.0767. The van der Waals surface area contributed by atoms with E-state index >= 15 is 0 Å². The highest BCUT2D eigenvalue weighted by Gasteiger charge is 2.39. The molecule has 1 rings (SSSR count). The van der Waals surface area contributed by atoms with Crippen LogP contribution in [0.4, 0.5) is 0 Å². The Morgan fingerprint density at radius 3 is 2.48 bits per heavy atom. The van der Waals surface area contributed by atoms with Crippen molar-refractivity contribution < 1.29 is 0 Å². The van der Waals surface area contributed by atoms with Crippen LogP contribution in [-0.4, -0.2) is 60.6 Å². The first-order valence-corrected chi connectivity index (χ1v) is 8.43. The molecule has 0 aromatic heterocycles. The quantitative estimate of drug-likeness (QED) is 0.783. The molecule has 0 saturated heterocycles. The highest BCUT2D eigenvalue weighted by atomic mass is 15.2. The third-order valence-corrected chi connectivity index (χ3v) is 4.53. The number of hydrogen-bond donors (Lipinski definition) is 1. The van der Waals surface area contributed by atoms with Crippen LogP contribution in [0.3, 0.4) is 0 Å². The second-order valence-corrected chi connectivity index (χ2v) is 7.18. The molecular weight excluding hydrogens is 260 g/mol. The monoisotopic (exact) mass is 294 g/mol. The summed E-state index contributed by atoms with van der Waals surface area (Å²) in [6.07, 6.45) is 4.29. The van der Waals surface area contributed by atoms with Gasteiger partial charge in [0.15, 0.2) is 0 Å². The van der Waals surface area contributed by atoms with Crippen LogP contribution in [0.1, 0.15) is 53.4 Å². The van der Waals surface area contributed by atoms with E-state index in [0.717, 1.165) is 32.4 Å². The third-order valence-electron chi connectivity index (χ3n) is 4.53. The molecule has 0 aliphatic heterocycles. The van der Waals surface area contributed by atoms with Crippen LogP contribution in [0.25, 0.3) is 0 Å². The molecule has 1 saturated carbocycles. The Kier molecular flexibility index (Phi) is 7.12. The van der Waals surface area contributed by atoms with Crippen LogP contribution in [0.5, 0.6) is 0 Å². The maximum absolute atomic E-state index is 9.71. The number of rotatable bonds is 7. The normalized spacial score (nSPS) is 28.1. The summed E-state index contributed by atoms with van der Waals surface area (Å²) >= 11 is 0. The van der Waals surface area contributed by atoms with Gasteiger partial charge < -0.3 is 4.90 Å². The second kappa shape index (κ2) is 8.12. The Balaban J connectivity index is 2.79. The first kappa shape index (κ1) is 18.4. The minimum Gasteiger partial charge on any atom is -0.308 e. The minimum absolute atomic E-state index is 0.331. The molecule has 0 radical (unpaired) electrons. The van der Waals surface area contributed by atoms with Gasteiger partial charge in [0, 0.05) is 24.7 Å². The third kappa shape index (κ3) is 5.25. The van der Waals surface area contributed by atoms with Crippen LogP contribution in [0, 0.1) is 11.3 Å². The summed E-state index contributed by atoms with van der Waals surface area (Å²) in [5.74, 6) is 0. The summed E-state index contributed by atoms with van der Waals surface area (Å²) in [5, 5.41) is 13.2. The molecule has 0 heterocycles.